The topological polar surface area (TPSA) is 112 Å². The van der Waals surface area contributed by atoms with Crippen molar-refractivity contribution in [2.75, 3.05) is 14.1 Å². The highest BCUT2D eigenvalue weighted by molar-refractivity contribution is 7.09. The average Bonchev–Trinajstić information content (AvgIpc) is 3.27. The maximum Gasteiger partial charge on any atom is 0.355 e. The summed E-state index contributed by atoms with van der Waals surface area (Å²) in [6, 6.07) is 7.98. The zero-order chi connectivity index (χ0) is 27.4. The Morgan fingerprint density at radius 3 is 2.06 bits per heavy atom. The first-order chi connectivity index (χ1) is 16.6. The maximum absolute atomic E-state index is 13.9. The fraction of sp³-hybridized carbons (Fsp3) is 0.556. The summed E-state index contributed by atoms with van der Waals surface area (Å²) in [5, 5.41) is 17.5. The van der Waals surface area contributed by atoms with E-state index in [1.54, 1.807) is 19.0 Å². The molecule has 2 aromatic rings. The van der Waals surface area contributed by atoms with Gasteiger partial charge in [-0.2, -0.15) is 0 Å². The van der Waals surface area contributed by atoms with Gasteiger partial charge in [0.2, 0.25) is 11.8 Å². The minimum Gasteiger partial charge on any atom is -0.476 e. The average molecular weight is 517 g/mol. The predicted molar refractivity (Wildman–Crippen MR) is 143 cm³/mol. The van der Waals surface area contributed by atoms with Crippen molar-refractivity contribution in [3.63, 3.8) is 0 Å². The zero-order valence-electron chi connectivity index (χ0n) is 22.7. The summed E-state index contributed by atoms with van der Waals surface area (Å²) in [5.41, 5.74) is -0.144. The van der Waals surface area contributed by atoms with Crippen LogP contribution in [0, 0.1) is 11.3 Å². The highest BCUT2D eigenvalue weighted by Crippen LogP contribution is 2.33. The van der Waals surface area contributed by atoms with Crippen LogP contribution in [-0.2, 0) is 15.0 Å². The van der Waals surface area contributed by atoms with Crippen molar-refractivity contribution in [2.45, 2.75) is 72.0 Å². The molecule has 9 heteroatoms. The maximum atomic E-state index is 13.9. The number of carboxylic acid groups (broad SMARTS) is 1. The molecule has 0 spiro atoms. The number of aromatic nitrogens is 1. The van der Waals surface area contributed by atoms with Crippen LogP contribution in [0.4, 0.5) is 0 Å². The Labute approximate surface area is 218 Å². The van der Waals surface area contributed by atoms with Crippen LogP contribution in [0.2, 0.25) is 0 Å². The number of carbonyl (C=O) groups is 3. The molecule has 0 unspecified atom stereocenters. The van der Waals surface area contributed by atoms with Crippen molar-refractivity contribution in [3.05, 3.63) is 52.0 Å². The number of hydrogen-bond acceptors (Lipinski definition) is 6. The van der Waals surface area contributed by atoms with Crippen LogP contribution in [0.15, 0.2) is 35.7 Å². The first-order valence-electron chi connectivity index (χ1n) is 12.1. The number of amides is 2. The van der Waals surface area contributed by atoms with Crippen LogP contribution in [-0.4, -0.2) is 59.0 Å². The molecule has 198 valence electrons. The molecule has 0 radical (unpaired) electrons. The molecule has 0 aliphatic carbocycles. The summed E-state index contributed by atoms with van der Waals surface area (Å²) < 4.78 is 0. The van der Waals surface area contributed by atoms with Crippen molar-refractivity contribution in [3.8, 4) is 0 Å². The Morgan fingerprint density at radius 1 is 1.03 bits per heavy atom. The number of carboxylic acids is 1. The van der Waals surface area contributed by atoms with Gasteiger partial charge < -0.3 is 20.6 Å². The van der Waals surface area contributed by atoms with Gasteiger partial charge in [0.15, 0.2) is 5.69 Å². The van der Waals surface area contributed by atoms with Crippen molar-refractivity contribution in [2.24, 2.45) is 11.3 Å². The molecule has 0 aliphatic rings. The molecular formula is C27H40N4O4S. The molecule has 1 heterocycles. The SMILES string of the molecule is CN[C@H](C(=O)N[C@H](C(=O)N(C)[C@H](c1nc(C(=O)O)cs1)C(C)C)C(C)(C)C)C(C)(C)c1ccccc1. The van der Waals surface area contributed by atoms with E-state index in [1.807, 2.05) is 78.8 Å². The molecule has 0 bridgehead atoms. The molecule has 0 fully saturated rings. The number of hydrogen-bond donors (Lipinski definition) is 3. The number of aromatic carboxylic acids is 1. The van der Waals surface area contributed by atoms with Gasteiger partial charge in [-0.25, -0.2) is 9.78 Å². The van der Waals surface area contributed by atoms with Crippen molar-refractivity contribution < 1.29 is 19.5 Å². The van der Waals surface area contributed by atoms with E-state index >= 15 is 0 Å². The summed E-state index contributed by atoms with van der Waals surface area (Å²) in [5.74, 6) is -1.65. The first-order valence-corrected chi connectivity index (χ1v) is 13.0. The summed E-state index contributed by atoms with van der Waals surface area (Å²) in [4.78, 5) is 44.7. The van der Waals surface area contributed by atoms with E-state index in [0.717, 1.165) is 5.56 Å². The van der Waals surface area contributed by atoms with Crippen molar-refractivity contribution in [1.82, 2.24) is 20.5 Å². The highest BCUT2D eigenvalue weighted by Gasteiger charge is 2.42. The zero-order valence-corrected chi connectivity index (χ0v) is 23.6. The summed E-state index contributed by atoms with van der Waals surface area (Å²) >= 11 is 1.22. The van der Waals surface area contributed by atoms with Crippen molar-refractivity contribution in [1.29, 1.82) is 0 Å². The predicted octanol–water partition coefficient (Wildman–Crippen LogP) is 4.09. The lowest BCUT2D eigenvalue weighted by molar-refractivity contribution is -0.141. The fourth-order valence-electron chi connectivity index (χ4n) is 4.49. The van der Waals surface area contributed by atoms with E-state index in [9.17, 15) is 19.5 Å². The Hall–Kier alpha value is -2.78. The lowest BCUT2D eigenvalue weighted by Gasteiger charge is -2.40. The quantitative estimate of drug-likeness (QED) is 0.439. The number of thiazole rings is 1. The van der Waals surface area contributed by atoms with Crippen LogP contribution >= 0.6 is 11.3 Å². The van der Waals surface area contributed by atoms with Crippen LogP contribution in [0.25, 0.3) is 0 Å². The minimum atomic E-state index is -1.10. The number of rotatable bonds is 10. The number of nitrogens with one attached hydrogen (secondary N) is 2. The lowest BCUT2D eigenvalue weighted by atomic mass is 9.76. The Morgan fingerprint density at radius 2 is 1.61 bits per heavy atom. The van der Waals surface area contributed by atoms with Gasteiger partial charge in [-0.15, -0.1) is 11.3 Å². The first kappa shape index (κ1) is 29.5. The summed E-state index contributed by atoms with van der Waals surface area (Å²) in [6.45, 7) is 13.7. The number of carbonyl (C=O) groups excluding carboxylic acids is 2. The molecule has 3 atom stereocenters. The normalized spacial score (nSPS) is 14.7. The fourth-order valence-corrected chi connectivity index (χ4v) is 5.60. The molecule has 0 aliphatic heterocycles. The van der Waals surface area contributed by atoms with Crippen LogP contribution in [0.5, 0.6) is 0 Å². The summed E-state index contributed by atoms with van der Waals surface area (Å²) in [7, 11) is 3.43. The Bertz CT molecular complexity index is 1060. The molecule has 0 saturated carbocycles. The molecule has 2 rings (SSSR count). The third-order valence-corrected chi connectivity index (χ3v) is 7.50. The van der Waals surface area contributed by atoms with Crippen LogP contribution in [0.3, 0.4) is 0 Å². The Balaban J connectivity index is 2.36. The van der Waals surface area contributed by atoms with Gasteiger partial charge in [0.1, 0.15) is 11.0 Å². The van der Waals surface area contributed by atoms with Gasteiger partial charge in [0.25, 0.3) is 0 Å². The number of benzene rings is 1. The molecule has 36 heavy (non-hydrogen) atoms. The van der Waals surface area contributed by atoms with E-state index in [2.05, 4.69) is 15.6 Å². The smallest absolute Gasteiger partial charge is 0.355 e. The lowest BCUT2D eigenvalue weighted by Crippen LogP contribution is -2.61. The second-order valence-electron chi connectivity index (χ2n) is 11.1. The second kappa shape index (κ2) is 11.5. The highest BCUT2D eigenvalue weighted by atomic mass is 32.1. The largest absolute Gasteiger partial charge is 0.476 e. The molecule has 8 nitrogen and oxygen atoms in total. The van der Waals surface area contributed by atoms with E-state index in [1.165, 1.54) is 16.7 Å². The van der Waals surface area contributed by atoms with E-state index < -0.39 is 34.9 Å². The van der Waals surface area contributed by atoms with Gasteiger partial charge in [-0.1, -0.05) is 78.8 Å². The monoisotopic (exact) mass is 516 g/mol. The van der Waals surface area contributed by atoms with Gasteiger partial charge in [0.05, 0.1) is 12.1 Å². The van der Waals surface area contributed by atoms with Crippen molar-refractivity contribution >= 4 is 29.1 Å². The van der Waals surface area contributed by atoms with Crippen LogP contribution < -0.4 is 10.6 Å². The van der Waals surface area contributed by atoms with Gasteiger partial charge in [0, 0.05) is 17.8 Å². The van der Waals surface area contributed by atoms with E-state index in [0.29, 0.717) is 5.01 Å². The van der Waals surface area contributed by atoms with Gasteiger partial charge >= 0.3 is 5.97 Å². The molecule has 1 aromatic carbocycles. The third-order valence-electron chi connectivity index (χ3n) is 6.58. The second-order valence-corrected chi connectivity index (χ2v) is 12.0. The molecule has 3 N–H and O–H groups in total. The number of nitrogens with zero attached hydrogens (tertiary/aromatic N) is 2. The summed E-state index contributed by atoms with van der Waals surface area (Å²) in [6.07, 6.45) is 0. The number of likely N-dealkylation sites (N-methyl/N-ethyl adjacent to an activating group) is 2. The van der Waals surface area contributed by atoms with E-state index in [-0.39, 0.29) is 23.4 Å². The molecule has 1 aromatic heterocycles. The van der Waals surface area contributed by atoms with Gasteiger partial charge in [-0.3, -0.25) is 9.59 Å². The van der Waals surface area contributed by atoms with Crippen LogP contribution in [0.1, 0.15) is 75.6 Å². The molecule has 0 saturated heterocycles. The van der Waals surface area contributed by atoms with Gasteiger partial charge in [-0.05, 0) is 23.9 Å². The molecular weight excluding hydrogens is 476 g/mol. The minimum absolute atomic E-state index is 0.0230. The molecule has 2 amide bonds. The third kappa shape index (κ3) is 6.50. The standard InChI is InChI=1S/C27H40N4O4S/c1-16(2)19(23-29-18(15-36-23)25(34)35)31(9)24(33)21(26(3,4)5)30-22(32)20(28-8)27(6,7)17-13-11-10-12-14-17/h10-16,19-21,28H,1-9H3,(H,30,32)(H,34,35)/t19-,20+,21+/m0/s1. The van der Waals surface area contributed by atoms with E-state index in [4.69, 9.17) is 0 Å². The Kier molecular flexibility index (Phi) is 9.42.